The van der Waals surface area contributed by atoms with Gasteiger partial charge in [-0.3, -0.25) is 4.98 Å². The van der Waals surface area contributed by atoms with E-state index in [0.29, 0.717) is 19.0 Å². The number of ether oxygens (including phenoxy) is 1. The van der Waals surface area contributed by atoms with Crippen molar-refractivity contribution in [2.75, 3.05) is 31.2 Å². The monoisotopic (exact) mass is 355 g/mol. The zero-order valence-corrected chi connectivity index (χ0v) is 15.2. The van der Waals surface area contributed by atoms with Crippen LogP contribution in [0.4, 0.5) is 5.82 Å². The molecule has 0 radical (unpaired) electrons. The Labute approximate surface area is 150 Å². The molecule has 7 heteroatoms. The summed E-state index contributed by atoms with van der Waals surface area (Å²) in [5.74, 6) is 1.66. The molecule has 0 unspecified atom stereocenters. The average Bonchev–Trinajstić information content (AvgIpc) is 3.07. The van der Waals surface area contributed by atoms with Crippen LogP contribution in [-0.2, 0) is 10.3 Å². The summed E-state index contributed by atoms with van der Waals surface area (Å²) in [6.07, 6.45) is 3.55. The number of aromatic nitrogens is 3. The predicted molar refractivity (Wildman–Crippen MR) is 101 cm³/mol. The maximum atomic E-state index is 6.32. The third-order valence-corrected chi connectivity index (χ3v) is 5.68. The summed E-state index contributed by atoms with van der Waals surface area (Å²) >= 11 is 1.68. The zero-order valence-electron chi connectivity index (χ0n) is 14.4. The SMILES string of the molecule is CC(C)(N)c1cc2nc(-c3cccnc3)nc(N3CCOCC3)c2s1. The minimum atomic E-state index is -0.401. The molecule has 0 bridgehead atoms. The van der Waals surface area contributed by atoms with E-state index in [0.717, 1.165) is 39.6 Å². The van der Waals surface area contributed by atoms with Gasteiger partial charge in [-0.25, -0.2) is 9.97 Å². The van der Waals surface area contributed by atoms with E-state index < -0.39 is 5.54 Å². The van der Waals surface area contributed by atoms with Crippen LogP contribution in [0.25, 0.3) is 21.6 Å². The van der Waals surface area contributed by atoms with Crippen molar-refractivity contribution in [2.24, 2.45) is 5.73 Å². The summed E-state index contributed by atoms with van der Waals surface area (Å²) in [4.78, 5) is 17.2. The predicted octanol–water partition coefficient (Wildman–Crippen LogP) is 2.78. The van der Waals surface area contributed by atoms with Crippen molar-refractivity contribution in [1.29, 1.82) is 0 Å². The first kappa shape index (κ1) is 16.4. The number of pyridine rings is 1. The standard InChI is InChI=1S/C18H21N5OS/c1-18(2,19)14-10-13-15(25-14)17(23-6-8-24-9-7-23)22-16(21-13)12-4-3-5-20-11-12/h3-5,10-11H,6-9,19H2,1-2H3. The molecule has 1 saturated heterocycles. The van der Waals surface area contributed by atoms with E-state index in [9.17, 15) is 0 Å². The smallest absolute Gasteiger partial charge is 0.163 e. The molecule has 0 aliphatic carbocycles. The van der Waals surface area contributed by atoms with E-state index in [1.807, 2.05) is 26.0 Å². The molecular formula is C18H21N5OS. The van der Waals surface area contributed by atoms with Gasteiger partial charge in [-0.1, -0.05) is 0 Å². The summed E-state index contributed by atoms with van der Waals surface area (Å²) in [6.45, 7) is 7.13. The Kier molecular flexibility index (Phi) is 4.15. The molecule has 4 heterocycles. The van der Waals surface area contributed by atoms with Gasteiger partial charge in [0.05, 0.1) is 23.4 Å². The number of morpholine rings is 1. The van der Waals surface area contributed by atoms with Gasteiger partial charge in [0, 0.05) is 41.5 Å². The fraction of sp³-hybridized carbons (Fsp3) is 0.389. The molecule has 130 valence electrons. The van der Waals surface area contributed by atoms with E-state index in [4.69, 9.17) is 20.4 Å². The van der Waals surface area contributed by atoms with Gasteiger partial charge in [-0.2, -0.15) is 0 Å². The molecule has 6 nitrogen and oxygen atoms in total. The summed E-state index contributed by atoms with van der Waals surface area (Å²) in [6, 6.07) is 5.97. The fourth-order valence-corrected chi connectivity index (χ4v) is 3.97. The molecule has 1 aliphatic rings. The number of nitrogens with two attached hydrogens (primary N) is 1. The first-order valence-electron chi connectivity index (χ1n) is 8.36. The second kappa shape index (κ2) is 6.33. The number of fused-ring (bicyclic) bond motifs is 1. The summed E-state index contributed by atoms with van der Waals surface area (Å²) < 4.78 is 6.58. The largest absolute Gasteiger partial charge is 0.378 e. The number of nitrogens with zero attached hydrogens (tertiary/aromatic N) is 4. The maximum absolute atomic E-state index is 6.32. The molecule has 2 N–H and O–H groups in total. The summed E-state index contributed by atoms with van der Waals surface area (Å²) in [7, 11) is 0. The Morgan fingerprint density at radius 1 is 1.24 bits per heavy atom. The fourth-order valence-electron chi connectivity index (χ4n) is 2.85. The quantitative estimate of drug-likeness (QED) is 0.778. The highest BCUT2D eigenvalue weighted by molar-refractivity contribution is 7.19. The Morgan fingerprint density at radius 2 is 2.04 bits per heavy atom. The molecule has 0 atom stereocenters. The maximum Gasteiger partial charge on any atom is 0.163 e. The van der Waals surface area contributed by atoms with E-state index in [1.54, 1.807) is 23.7 Å². The van der Waals surface area contributed by atoms with Crippen LogP contribution in [0.5, 0.6) is 0 Å². The molecule has 3 aromatic rings. The Bertz CT molecular complexity index is 882. The van der Waals surface area contributed by atoms with Gasteiger partial charge in [0.1, 0.15) is 0 Å². The normalized spacial score (nSPS) is 15.7. The van der Waals surface area contributed by atoms with Crippen molar-refractivity contribution in [3.63, 3.8) is 0 Å². The van der Waals surface area contributed by atoms with Gasteiger partial charge >= 0.3 is 0 Å². The minimum Gasteiger partial charge on any atom is -0.378 e. The van der Waals surface area contributed by atoms with Crippen LogP contribution in [0.1, 0.15) is 18.7 Å². The molecule has 1 aliphatic heterocycles. The molecule has 0 spiro atoms. The van der Waals surface area contributed by atoms with Crippen molar-refractivity contribution in [3.05, 3.63) is 35.5 Å². The van der Waals surface area contributed by atoms with Crippen molar-refractivity contribution in [2.45, 2.75) is 19.4 Å². The molecule has 0 saturated carbocycles. The second-order valence-corrected chi connectivity index (χ2v) is 7.81. The highest BCUT2D eigenvalue weighted by atomic mass is 32.1. The van der Waals surface area contributed by atoms with Crippen LogP contribution in [0.2, 0.25) is 0 Å². The number of thiophene rings is 1. The topological polar surface area (TPSA) is 77.2 Å². The third-order valence-electron chi connectivity index (χ3n) is 4.22. The van der Waals surface area contributed by atoms with Gasteiger partial charge in [-0.15, -0.1) is 11.3 Å². The van der Waals surface area contributed by atoms with Crippen molar-refractivity contribution >= 4 is 27.4 Å². The lowest BCUT2D eigenvalue weighted by Gasteiger charge is -2.28. The molecule has 1 fully saturated rings. The first-order chi connectivity index (χ1) is 12.0. The summed E-state index contributed by atoms with van der Waals surface area (Å²) in [5.41, 5.74) is 7.77. The average molecular weight is 355 g/mol. The Balaban J connectivity index is 1.90. The van der Waals surface area contributed by atoms with Crippen molar-refractivity contribution < 1.29 is 4.74 Å². The van der Waals surface area contributed by atoms with Crippen LogP contribution < -0.4 is 10.6 Å². The zero-order chi connectivity index (χ0) is 17.4. The van der Waals surface area contributed by atoms with Crippen LogP contribution in [0.15, 0.2) is 30.6 Å². The van der Waals surface area contributed by atoms with Crippen LogP contribution in [-0.4, -0.2) is 41.3 Å². The summed E-state index contributed by atoms with van der Waals surface area (Å²) in [5, 5.41) is 0. The Hall–Kier alpha value is -2.09. The minimum absolute atomic E-state index is 0.401. The lowest BCUT2D eigenvalue weighted by Crippen LogP contribution is -2.36. The van der Waals surface area contributed by atoms with E-state index >= 15 is 0 Å². The van der Waals surface area contributed by atoms with Gasteiger partial charge in [0.2, 0.25) is 0 Å². The molecular weight excluding hydrogens is 334 g/mol. The van der Waals surface area contributed by atoms with Crippen LogP contribution in [0, 0.1) is 0 Å². The molecule has 3 aromatic heterocycles. The van der Waals surface area contributed by atoms with Gasteiger partial charge < -0.3 is 15.4 Å². The number of hydrogen-bond donors (Lipinski definition) is 1. The number of anilines is 1. The number of hydrogen-bond acceptors (Lipinski definition) is 7. The van der Waals surface area contributed by atoms with E-state index in [2.05, 4.69) is 16.0 Å². The van der Waals surface area contributed by atoms with E-state index in [1.165, 1.54) is 0 Å². The third kappa shape index (κ3) is 3.22. The van der Waals surface area contributed by atoms with Gasteiger partial charge in [0.15, 0.2) is 11.6 Å². The molecule has 0 amide bonds. The van der Waals surface area contributed by atoms with Crippen LogP contribution >= 0.6 is 11.3 Å². The van der Waals surface area contributed by atoms with Crippen molar-refractivity contribution in [3.8, 4) is 11.4 Å². The highest BCUT2D eigenvalue weighted by Gasteiger charge is 2.23. The lowest BCUT2D eigenvalue weighted by atomic mass is 10.1. The number of rotatable bonds is 3. The van der Waals surface area contributed by atoms with Gasteiger partial charge in [0.25, 0.3) is 0 Å². The lowest BCUT2D eigenvalue weighted by molar-refractivity contribution is 0.122. The Morgan fingerprint density at radius 3 is 2.72 bits per heavy atom. The second-order valence-electron chi connectivity index (χ2n) is 6.76. The molecule has 4 rings (SSSR count). The van der Waals surface area contributed by atoms with Crippen molar-refractivity contribution in [1.82, 2.24) is 15.0 Å². The van der Waals surface area contributed by atoms with E-state index in [-0.39, 0.29) is 0 Å². The molecule has 0 aromatic carbocycles. The first-order valence-corrected chi connectivity index (χ1v) is 9.18. The van der Waals surface area contributed by atoms with Crippen LogP contribution in [0.3, 0.4) is 0 Å². The molecule has 25 heavy (non-hydrogen) atoms. The highest BCUT2D eigenvalue weighted by Crippen LogP contribution is 2.37. The van der Waals surface area contributed by atoms with Gasteiger partial charge in [-0.05, 0) is 32.0 Å².